The molecule has 1 aliphatic rings. The van der Waals surface area contributed by atoms with Crippen LogP contribution in [0.3, 0.4) is 0 Å². The molecule has 84 valence electrons. The van der Waals surface area contributed by atoms with Gasteiger partial charge in [0.25, 0.3) is 0 Å². The molecule has 0 saturated carbocycles. The van der Waals surface area contributed by atoms with E-state index in [2.05, 4.69) is 28.3 Å². The normalized spacial score (nSPS) is 26.0. The van der Waals surface area contributed by atoms with Gasteiger partial charge in [-0.2, -0.15) is 11.8 Å². The highest BCUT2D eigenvalue weighted by atomic mass is 32.2. The standard InChI is InChI=1S/C11H18N2S2/c1-12-5-10-3-8(7-15-10)11-4-9(14-2)6-13-11/h3,7,9,11-13H,4-6H2,1-2H3. The third kappa shape index (κ3) is 2.75. The van der Waals surface area contributed by atoms with Gasteiger partial charge in [-0.15, -0.1) is 11.3 Å². The van der Waals surface area contributed by atoms with E-state index in [9.17, 15) is 0 Å². The van der Waals surface area contributed by atoms with E-state index in [1.54, 1.807) is 0 Å². The number of hydrogen-bond donors (Lipinski definition) is 2. The lowest BCUT2D eigenvalue weighted by Crippen LogP contribution is -2.13. The third-order valence-electron chi connectivity index (χ3n) is 2.85. The summed E-state index contributed by atoms with van der Waals surface area (Å²) in [4.78, 5) is 1.43. The summed E-state index contributed by atoms with van der Waals surface area (Å²) < 4.78 is 0. The number of thiophene rings is 1. The molecule has 0 bridgehead atoms. The lowest BCUT2D eigenvalue weighted by molar-refractivity contribution is 0.650. The van der Waals surface area contributed by atoms with Crippen molar-refractivity contribution in [2.45, 2.75) is 24.3 Å². The average Bonchev–Trinajstić information content (AvgIpc) is 2.85. The fourth-order valence-electron chi connectivity index (χ4n) is 1.98. The molecule has 0 radical (unpaired) electrons. The molecule has 0 aromatic carbocycles. The van der Waals surface area contributed by atoms with Crippen LogP contribution >= 0.6 is 23.1 Å². The van der Waals surface area contributed by atoms with E-state index in [4.69, 9.17) is 0 Å². The minimum Gasteiger partial charge on any atom is -0.315 e. The molecular formula is C11H18N2S2. The maximum atomic E-state index is 3.59. The molecule has 15 heavy (non-hydrogen) atoms. The first-order valence-corrected chi connectivity index (χ1v) is 7.48. The lowest BCUT2D eigenvalue weighted by Gasteiger charge is -2.07. The predicted octanol–water partition coefficient (Wildman–Crippen LogP) is 2.23. The first kappa shape index (κ1) is 11.5. The van der Waals surface area contributed by atoms with Gasteiger partial charge >= 0.3 is 0 Å². The minimum absolute atomic E-state index is 0.587. The molecule has 1 saturated heterocycles. The third-order valence-corrected chi connectivity index (χ3v) is 4.83. The van der Waals surface area contributed by atoms with Crippen molar-refractivity contribution in [1.82, 2.24) is 10.6 Å². The van der Waals surface area contributed by atoms with Crippen LogP contribution in [0.15, 0.2) is 11.4 Å². The van der Waals surface area contributed by atoms with Gasteiger partial charge in [0.15, 0.2) is 0 Å². The molecule has 1 fully saturated rings. The molecule has 0 amide bonds. The van der Waals surface area contributed by atoms with Gasteiger partial charge in [-0.05, 0) is 36.7 Å². The zero-order valence-corrected chi connectivity index (χ0v) is 10.9. The summed E-state index contributed by atoms with van der Waals surface area (Å²) in [7, 11) is 2.00. The molecular weight excluding hydrogens is 224 g/mol. The number of thioether (sulfide) groups is 1. The topological polar surface area (TPSA) is 24.1 Å². The molecule has 0 spiro atoms. The Morgan fingerprint density at radius 2 is 2.53 bits per heavy atom. The molecule has 2 nitrogen and oxygen atoms in total. The molecule has 2 atom stereocenters. The fourth-order valence-corrected chi connectivity index (χ4v) is 3.58. The Hall–Kier alpha value is -0.0300. The maximum Gasteiger partial charge on any atom is 0.0340 e. The van der Waals surface area contributed by atoms with Crippen molar-refractivity contribution in [2.24, 2.45) is 0 Å². The van der Waals surface area contributed by atoms with Crippen LogP contribution in [0, 0.1) is 0 Å². The highest BCUT2D eigenvalue weighted by molar-refractivity contribution is 7.99. The number of hydrogen-bond acceptors (Lipinski definition) is 4. The van der Waals surface area contributed by atoms with Gasteiger partial charge in [0.1, 0.15) is 0 Å². The predicted molar refractivity (Wildman–Crippen MR) is 69.7 cm³/mol. The monoisotopic (exact) mass is 242 g/mol. The summed E-state index contributed by atoms with van der Waals surface area (Å²) in [6.45, 7) is 2.15. The Morgan fingerprint density at radius 3 is 3.20 bits per heavy atom. The summed E-state index contributed by atoms with van der Waals surface area (Å²) in [5.41, 5.74) is 1.47. The first-order chi connectivity index (χ1) is 7.33. The molecule has 2 rings (SSSR count). The van der Waals surface area contributed by atoms with E-state index in [1.165, 1.54) is 16.9 Å². The zero-order chi connectivity index (χ0) is 10.7. The van der Waals surface area contributed by atoms with Crippen molar-refractivity contribution < 1.29 is 0 Å². The second-order valence-corrected chi connectivity index (χ2v) is 6.06. The summed E-state index contributed by atoms with van der Waals surface area (Å²) in [5, 5.41) is 9.88. The van der Waals surface area contributed by atoms with E-state index in [-0.39, 0.29) is 0 Å². The van der Waals surface area contributed by atoms with E-state index in [0.29, 0.717) is 6.04 Å². The van der Waals surface area contributed by atoms with E-state index in [1.807, 2.05) is 30.1 Å². The first-order valence-electron chi connectivity index (χ1n) is 5.31. The van der Waals surface area contributed by atoms with Crippen LogP contribution in [0.4, 0.5) is 0 Å². The number of rotatable bonds is 4. The Bertz CT molecular complexity index is 311. The lowest BCUT2D eigenvalue weighted by atomic mass is 10.1. The van der Waals surface area contributed by atoms with Crippen LogP contribution in [0.25, 0.3) is 0 Å². The van der Waals surface area contributed by atoms with Gasteiger partial charge in [0.05, 0.1) is 0 Å². The summed E-state index contributed by atoms with van der Waals surface area (Å²) in [6.07, 6.45) is 3.48. The van der Waals surface area contributed by atoms with Crippen molar-refractivity contribution in [3.8, 4) is 0 Å². The Morgan fingerprint density at radius 1 is 1.67 bits per heavy atom. The van der Waals surface area contributed by atoms with Gasteiger partial charge < -0.3 is 10.6 Å². The summed E-state index contributed by atoms with van der Waals surface area (Å²) >= 11 is 3.84. The van der Waals surface area contributed by atoms with Gasteiger partial charge in [-0.25, -0.2) is 0 Å². The highest BCUT2D eigenvalue weighted by Crippen LogP contribution is 2.31. The maximum absolute atomic E-state index is 3.59. The van der Waals surface area contributed by atoms with Crippen molar-refractivity contribution >= 4 is 23.1 Å². The largest absolute Gasteiger partial charge is 0.315 e. The van der Waals surface area contributed by atoms with Crippen LogP contribution in [0.1, 0.15) is 22.9 Å². The molecule has 1 aromatic rings. The van der Waals surface area contributed by atoms with Crippen LogP contribution < -0.4 is 10.6 Å². The SMILES string of the molecule is CNCc1cc(C2CC(SC)CN2)cs1. The Labute approximate surface area is 99.8 Å². The second kappa shape index (κ2) is 5.34. The van der Waals surface area contributed by atoms with Gasteiger partial charge in [0.2, 0.25) is 0 Å². The van der Waals surface area contributed by atoms with Gasteiger partial charge in [-0.3, -0.25) is 0 Å². The molecule has 1 aromatic heterocycles. The van der Waals surface area contributed by atoms with E-state index in [0.717, 1.165) is 18.3 Å². The molecule has 4 heteroatoms. The molecule has 0 aliphatic carbocycles. The average molecular weight is 242 g/mol. The van der Waals surface area contributed by atoms with Crippen molar-refractivity contribution in [3.63, 3.8) is 0 Å². The Balaban J connectivity index is 1.97. The van der Waals surface area contributed by atoms with Crippen LogP contribution in [0.5, 0.6) is 0 Å². The van der Waals surface area contributed by atoms with Crippen LogP contribution in [-0.4, -0.2) is 25.1 Å². The summed E-state index contributed by atoms with van der Waals surface area (Å²) in [6, 6.07) is 2.92. The van der Waals surface area contributed by atoms with Gasteiger partial charge in [-0.1, -0.05) is 0 Å². The number of nitrogens with one attached hydrogen (secondary N) is 2. The highest BCUT2D eigenvalue weighted by Gasteiger charge is 2.24. The Kier molecular flexibility index (Phi) is 4.08. The van der Waals surface area contributed by atoms with E-state index < -0.39 is 0 Å². The van der Waals surface area contributed by atoms with Gasteiger partial charge in [0, 0.05) is 29.3 Å². The smallest absolute Gasteiger partial charge is 0.0340 e. The van der Waals surface area contributed by atoms with Crippen LogP contribution in [-0.2, 0) is 6.54 Å². The van der Waals surface area contributed by atoms with E-state index >= 15 is 0 Å². The van der Waals surface area contributed by atoms with Crippen molar-refractivity contribution in [3.05, 3.63) is 21.9 Å². The molecule has 2 unspecified atom stereocenters. The second-order valence-electron chi connectivity index (χ2n) is 3.93. The summed E-state index contributed by atoms with van der Waals surface area (Å²) in [5.74, 6) is 0. The minimum atomic E-state index is 0.587. The fraction of sp³-hybridized carbons (Fsp3) is 0.636. The molecule has 2 N–H and O–H groups in total. The molecule has 1 aliphatic heterocycles. The quantitative estimate of drug-likeness (QED) is 0.847. The van der Waals surface area contributed by atoms with Crippen molar-refractivity contribution in [1.29, 1.82) is 0 Å². The van der Waals surface area contributed by atoms with Crippen molar-refractivity contribution in [2.75, 3.05) is 19.8 Å². The molecule has 2 heterocycles. The zero-order valence-electron chi connectivity index (χ0n) is 9.25. The van der Waals surface area contributed by atoms with Crippen LogP contribution in [0.2, 0.25) is 0 Å².